The highest BCUT2D eigenvalue weighted by atomic mass is 35.5. The van der Waals surface area contributed by atoms with E-state index in [-0.39, 0.29) is 16.5 Å². The number of hydrogen-bond acceptors (Lipinski definition) is 2. The summed E-state index contributed by atoms with van der Waals surface area (Å²) < 4.78 is 74.7. The van der Waals surface area contributed by atoms with Crippen molar-refractivity contribution < 1.29 is 31.4 Å². The quantitative estimate of drug-likeness (QED) is 0.526. The molecule has 0 spiro atoms. The van der Waals surface area contributed by atoms with Crippen LogP contribution in [-0.2, 0) is 5.92 Å². The van der Waals surface area contributed by atoms with Crippen LogP contribution in [0.25, 0.3) is 0 Å². The van der Waals surface area contributed by atoms with Crippen LogP contribution in [0.3, 0.4) is 0 Å². The molecule has 0 fully saturated rings. The molecule has 130 valence electrons. The maximum atomic E-state index is 13.5. The van der Waals surface area contributed by atoms with Gasteiger partial charge in [0.05, 0.1) is 12.1 Å². The summed E-state index contributed by atoms with van der Waals surface area (Å²) in [7, 11) is 3.62. The van der Waals surface area contributed by atoms with Crippen LogP contribution in [0.2, 0.25) is 5.02 Å². The molecular weight excluding hydrogens is 374 g/mol. The fourth-order valence-corrected chi connectivity index (χ4v) is 2.24. The minimum absolute atomic E-state index is 0.0913. The first kappa shape index (κ1) is 18.7. The van der Waals surface area contributed by atoms with Gasteiger partial charge in [-0.2, -0.15) is 22.0 Å². The fourth-order valence-electron chi connectivity index (χ4n) is 1.79. The van der Waals surface area contributed by atoms with Gasteiger partial charge in [-0.3, -0.25) is 0 Å². The number of halogens is 6. The Hall–Kier alpha value is -1.59. The molecule has 0 amide bonds. The molecule has 2 rings (SSSR count). The largest absolute Gasteiger partial charge is 0.497 e. The summed E-state index contributed by atoms with van der Waals surface area (Å²) in [6, 6.07) is 6.77. The van der Waals surface area contributed by atoms with Crippen molar-refractivity contribution in [2.75, 3.05) is 7.11 Å². The summed E-state index contributed by atoms with van der Waals surface area (Å²) in [6.45, 7) is 0. The summed E-state index contributed by atoms with van der Waals surface area (Å²) in [5.41, 5.74) is -1.22. The lowest BCUT2D eigenvalue weighted by Crippen LogP contribution is -2.33. The van der Waals surface area contributed by atoms with Crippen molar-refractivity contribution in [2.24, 2.45) is 0 Å². The van der Waals surface area contributed by atoms with Gasteiger partial charge in [0.1, 0.15) is 17.2 Å². The van der Waals surface area contributed by atoms with E-state index in [2.05, 4.69) is 9.24 Å². The molecule has 0 N–H and O–H groups in total. The molecule has 24 heavy (non-hydrogen) atoms. The highest BCUT2D eigenvalue weighted by molar-refractivity contribution is 7.27. The van der Waals surface area contributed by atoms with Gasteiger partial charge in [-0.1, -0.05) is 23.7 Å². The molecule has 9 heteroatoms. The Morgan fingerprint density at radius 3 is 2.17 bits per heavy atom. The molecule has 2 nitrogen and oxygen atoms in total. The second kappa shape index (κ2) is 6.73. The van der Waals surface area contributed by atoms with Crippen LogP contribution >= 0.6 is 20.8 Å². The van der Waals surface area contributed by atoms with Crippen molar-refractivity contribution in [3.05, 3.63) is 47.0 Å². The number of rotatable bonds is 4. The first-order chi connectivity index (χ1) is 11.1. The van der Waals surface area contributed by atoms with Crippen LogP contribution in [0.1, 0.15) is 5.56 Å². The summed E-state index contributed by atoms with van der Waals surface area (Å²) in [5, 5.41) is 0.412. The smallest absolute Gasteiger partial charge is 0.458 e. The fraction of sp³-hybridized carbons (Fsp3) is 0.200. The van der Waals surface area contributed by atoms with Crippen molar-refractivity contribution >= 4 is 26.1 Å². The van der Waals surface area contributed by atoms with Crippen molar-refractivity contribution in [3.63, 3.8) is 0 Å². The van der Waals surface area contributed by atoms with Crippen LogP contribution in [-0.4, -0.2) is 13.3 Å². The molecule has 0 heterocycles. The zero-order valence-electron chi connectivity index (χ0n) is 12.1. The first-order valence-corrected chi connectivity index (χ1v) is 7.37. The normalized spacial score (nSPS) is 12.2. The van der Waals surface area contributed by atoms with E-state index in [1.54, 1.807) is 0 Å². The van der Waals surface area contributed by atoms with Gasteiger partial charge < -0.3 is 9.47 Å². The van der Waals surface area contributed by atoms with Gasteiger partial charge in [-0.05, 0) is 18.2 Å². The summed E-state index contributed by atoms with van der Waals surface area (Å²) >= 11 is 5.97. The highest BCUT2D eigenvalue weighted by Gasteiger charge is 2.58. The van der Waals surface area contributed by atoms with Gasteiger partial charge in [-0.25, -0.2) is 0 Å². The third kappa shape index (κ3) is 3.73. The predicted octanol–water partition coefficient (Wildman–Crippen LogP) is 5.30. The molecule has 2 aromatic carbocycles. The Kier molecular flexibility index (Phi) is 5.25. The molecule has 1 atom stereocenters. The third-order valence-electron chi connectivity index (χ3n) is 3.09. The van der Waals surface area contributed by atoms with Crippen LogP contribution in [0.4, 0.5) is 22.0 Å². The second-order valence-electron chi connectivity index (χ2n) is 4.72. The number of methoxy groups -OCH3 is 1. The zero-order chi connectivity index (χ0) is 18.1. The highest BCUT2D eigenvalue weighted by Crippen LogP contribution is 2.45. The average molecular weight is 385 g/mol. The Labute approximate surface area is 141 Å². The zero-order valence-corrected chi connectivity index (χ0v) is 14.0. The van der Waals surface area contributed by atoms with Crippen LogP contribution < -0.4 is 14.8 Å². The lowest BCUT2D eigenvalue weighted by atomic mass is 10.1. The number of benzene rings is 2. The van der Waals surface area contributed by atoms with E-state index in [1.807, 2.05) is 0 Å². The Morgan fingerprint density at radius 2 is 1.62 bits per heavy atom. The lowest BCUT2D eigenvalue weighted by molar-refractivity contribution is -0.289. The van der Waals surface area contributed by atoms with Crippen LogP contribution in [0, 0.1) is 0 Å². The van der Waals surface area contributed by atoms with E-state index in [0.29, 0.717) is 23.2 Å². The van der Waals surface area contributed by atoms with Gasteiger partial charge in [-0.15, -0.1) is 9.24 Å². The molecule has 2 aromatic rings. The van der Waals surface area contributed by atoms with Gasteiger partial charge >= 0.3 is 12.1 Å². The molecule has 0 aliphatic rings. The van der Waals surface area contributed by atoms with Crippen molar-refractivity contribution in [1.82, 2.24) is 0 Å². The maximum Gasteiger partial charge on any atom is 0.458 e. The topological polar surface area (TPSA) is 18.5 Å². The van der Waals surface area contributed by atoms with E-state index in [4.69, 9.17) is 21.1 Å². The second-order valence-corrected chi connectivity index (χ2v) is 5.75. The van der Waals surface area contributed by atoms with Crippen molar-refractivity contribution in [1.29, 1.82) is 0 Å². The van der Waals surface area contributed by atoms with Crippen molar-refractivity contribution in [2.45, 2.75) is 12.1 Å². The minimum Gasteiger partial charge on any atom is -0.497 e. The van der Waals surface area contributed by atoms with Gasteiger partial charge in [0.2, 0.25) is 0 Å². The Balaban J connectivity index is 2.40. The summed E-state index contributed by atoms with van der Waals surface area (Å²) in [5.74, 6) is -4.65. The van der Waals surface area contributed by atoms with Gasteiger partial charge in [0.25, 0.3) is 0 Å². The molecule has 0 aromatic heterocycles. The number of alkyl halides is 5. The monoisotopic (exact) mass is 384 g/mol. The van der Waals surface area contributed by atoms with Crippen LogP contribution in [0.5, 0.6) is 17.2 Å². The number of ether oxygens (including phenoxy) is 2. The molecule has 0 aliphatic heterocycles. The Bertz CT molecular complexity index is 749. The minimum atomic E-state index is -5.70. The first-order valence-electron chi connectivity index (χ1n) is 6.42. The van der Waals surface area contributed by atoms with Crippen molar-refractivity contribution in [3.8, 4) is 17.2 Å². The molecule has 0 radical (unpaired) electrons. The molecule has 0 aliphatic carbocycles. The molecule has 0 saturated heterocycles. The summed E-state index contributed by atoms with van der Waals surface area (Å²) in [4.78, 5) is 0. The Morgan fingerprint density at radius 1 is 0.958 bits per heavy atom. The van der Waals surface area contributed by atoms with Gasteiger partial charge in [0, 0.05) is 16.9 Å². The summed E-state index contributed by atoms with van der Waals surface area (Å²) in [6.07, 6.45) is -5.70. The van der Waals surface area contributed by atoms with E-state index in [9.17, 15) is 22.0 Å². The lowest BCUT2D eigenvalue weighted by Gasteiger charge is -2.21. The molecule has 0 saturated carbocycles. The van der Waals surface area contributed by atoms with E-state index < -0.39 is 17.7 Å². The SMILES string of the molecule is COc1ccc(Oc2cc(C(F)(F)C(F)(F)F)ccc2P)c(Cl)c1. The molecular formula is C15H11ClF5O2P. The third-order valence-corrected chi connectivity index (χ3v) is 3.86. The molecule has 0 bridgehead atoms. The van der Waals surface area contributed by atoms with Crippen LogP contribution in [0.15, 0.2) is 36.4 Å². The predicted molar refractivity (Wildman–Crippen MR) is 83.8 cm³/mol. The average Bonchev–Trinajstić information content (AvgIpc) is 2.49. The van der Waals surface area contributed by atoms with E-state index in [0.717, 1.165) is 6.07 Å². The van der Waals surface area contributed by atoms with E-state index in [1.165, 1.54) is 25.3 Å². The van der Waals surface area contributed by atoms with Gasteiger partial charge in [0.15, 0.2) is 0 Å². The standard InChI is InChI=1S/C15H11ClF5O2P/c1-22-9-3-4-11(10(16)7-9)23-12-6-8(2-5-13(12)24)14(17,18)15(19,20)21/h2-7H,24H2,1H3. The van der Waals surface area contributed by atoms with E-state index >= 15 is 0 Å². The maximum absolute atomic E-state index is 13.5. The number of hydrogen-bond donors (Lipinski definition) is 0. The molecule has 1 unspecified atom stereocenters.